The first-order chi connectivity index (χ1) is 7.78. The van der Waals surface area contributed by atoms with Crippen LogP contribution in [0.5, 0.6) is 0 Å². The first-order valence-corrected chi connectivity index (χ1v) is 5.68. The van der Waals surface area contributed by atoms with Crippen LogP contribution in [0.4, 0.5) is 13.2 Å². The minimum Gasteiger partial charge on any atom is -0.336 e. The maximum Gasteiger partial charge on any atom is 0.471 e. The molecule has 0 unspecified atom stereocenters. The summed E-state index contributed by atoms with van der Waals surface area (Å²) < 4.78 is 36.6. The Kier molecular flexibility index (Phi) is 4.16. The molecule has 0 heterocycles. The van der Waals surface area contributed by atoms with Gasteiger partial charge in [-0.3, -0.25) is 9.59 Å². The zero-order chi connectivity index (χ0) is 13.1. The van der Waals surface area contributed by atoms with Crippen molar-refractivity contribution >= 4 is 11.7 Å². The van der Waals surface area contributed by atoms with Crippen molar-refractivity contribution < 1.29 is 22.8 Å². The number of hydrogen-bond donors (Lipinski definition) is 1. The molecule has 1 N–H and O–H groups in total. The molecular formula is C11H16F3NO2. The summed E-state index contributed by atoms with van der Waals surface area (Å²) in [5.41, 5.74) is -1.32. The standard InChI is InChI=1S/C11H16F3NO2/c1-8(16)10(6-4-2-3-5-7-10)15-9(17)11(12,13)14/h2-7H2,1H3,(H,15,17). The van der Waals surface area contributed by atoms with Gasteiger partial charge in [-0.15, -0.1) is 0 Å². The highest BCUT2D eigenvalue weighted by Crippen LogP contribution is 2.29. The SMILES string of the molecule is CC(=O)C1(NC(=O)C(F)(F)F)CCCCCC1. The Morgan fingerprint density at radius 1 is 1.06 bits per heavy atom. The Bertz CT molecular complexity index is 304. The van der Waals surface area contributed by atoms with Crippen LogP contribution in [0, 0.1) is 0 Å². The summed E-state index contributed by atoms with van der Waals surface area (Å²) in [6, 6.07) is 0. The second-order valence-corrected chi connectivity index (χ2v) is 4.50. The van der Waals surface area contributed by atoms with E-state index in [4.69, 9.17) is 0 Å². The summed E-state index contributed by atoms with van der Waals surface area (Å²) in [5.74, 6) is -2.41. The molecule has 98 valence electrons. The minimum atomic E-state index is -4.94. The quantitative estimate of drug-likeness (QED) is 0.766. The van der Waals surface area contributed by atoms with E-state index in [0.717, 1.165) is 12.8 Å². The number of alkyl halides is 3. The molecule has 17 heavy (non-hydrogen) atoms. The van der Waals surface area contributed by atoms with Gasteiger partial charge in [0.2, 0.25) is 0 Å². The van der Waals surface area contributed by atoms with E-state index in [1.54, 1.807) is 0 Å². The molecule has 0 aliphatic heterocycles. The van der Waals surface area contributed by atoms with Crippen LogP contribution in [-0.4, -0.2) is 23.4 Å². The fourth-order valence-electron chi connectivity index (χ4n) is 2.19. The van der Waals surface area contributed by atoms with Gasteiger partial charge >= 0.3 is 12.1 Å². The molecule has 1 rings (SSSR count). The van der Waals surface area contributed by atoms with Gasteiger partial charge in [-0.1, -0.05) is 25.7 Å². The van der Waals surface area contributed by atoms with Gasteiger partial charge < -0.3 is 5.32 Å². The fraction of sp³-hybridized carbons (Fsp3) is 0.818. The van der Waals surface area contributed by atoms with Crippen LogP contribution in [0.15, 0.2) is 0 Å². The van der Waals surface area contributed by atoms with Crippen molar-refractivity contribution in [2.45, 2.75) is 57.2 Å². The molecule has 0 bridgehead atoms. The predicted molar refractivity (Wildman–Crippen MR) is 55.3 cm³/mol. The number of hydrogen-bond acceptors (Lipinski definition) is 2. The third kappa shape index (κ3) is 3.44. The number of rotatable bonds is 2. The maximum atomic E-state index is 12.2. The van der Waals surface area contributed by atoms with Crippen molar-refractivity contribution in [3.05, 3.63) is 0 Å². The zero-order valence-electron chi connectivity index (χ0n) is 9.69. The van der Waals surface area contributed by atoms with E-state index in [1.165, 1.54) is 6.92 Å². The molecule has 0 radical (unpaired) electrons. The number of ketones is 1. The number of halogens is 3. The summed E-state index contributed by atoms with van der Waals surface area (Å²) in [6.07, 6.45) is -1.24. The van der Waals surface area contributed by atoms with E-state index in [9.17, 15) is 22.8 Å². The van der Waals surface area contributed by atoms with E-state index in [0.29, 0.717) is 25.7 Å². The smallest absolute Gasteiger partial charge is 0.336 e. The molecule has 1 aliphatic rings. The summed E-state index contributed by atoms with van der Waals surface area (Å²) in [4.78, 5) is 22.5. The maximum absolute atomic E-state index is 12.2. The second kappa shape index (κ2) is 5.06. The highest BCUT2D eigenvalue weighted by atomic mass is 19.4. The third-order valence-electron chi connectivity index (χ3n) is 3.24. The van der Waals surface area contributed by atoms with E-state index in [-0.39, 0.29) is 0 Å². The monoisotopic (exact) mass is 251 g/mol. The van der Waals surface area contributed by atoms with E-state index in [1.807, 2.05) is 5.32 Å². The van der Waals surface area contributed by atoms with Crippen molar-refractivity contribution in [3.63, 3.8) is 0 Å². The Morgan fingerprint density at radius 3 is 1.88 bits per heavy atom. The molecule has 1 amide bonds. The molecule has 0 aromatic rings. The number of nitrogens with one attached hydrogen (secondary N) is 1. The lowest BCUT2D eigenvalue weighted by Gasteiger charge is -2.31. The van der Waals surface area contributed by atoms with Gasteiger partial charge in [0.25, 0.3) is 0 Å². The topological polar surface area (TPSA) is 46.2 Å². The van der Waals surface area contributed by atoms with Gasteiger partial charge in [-0.25, -0.2) is 0 Å². The molecule has 1 saturated carbocycles. The molecule has 0 aromatic heterocycles. The average Bonchev–Trinajstić information content (AvgIpc) is 2.42. The Morgan fingerprint density at radius 2 is 1.53 bits per heavy atom. The van der Waals surface area contributed by atoms with Crippen LogP contribution in [0.2, 0.25) is 0 Å². The highest BCUT2D eigenvalue weighted by Gasteiger charge is 2.45. The van der Waals surface area contributed by atoms with Gasteiger partial charge in [-0.2, -0.15) is 13.2 Å². The van der Waals surface area contributed by atoms with Crippen molar-refractivity contribution in [1.29, 1.82) is 0 Å². The normalized spacial score (nSPS) is 20.5. The third-order valence-corrected chi connectivity index (χ3v) is 3.24. The highest BCUT2D eigenvalue weighted by molar-refractivity contribution is 5.93. The Balaban J connectivity index is 2.85. The summed E-state index contributed by atoms with van der Waals surface area (Å²) >= 11 is 0. The fourth-order valence-corrected chi connectivity index (χ4v) is 2.19. The van der Waals surface area contributed by atoms with Crippen LogP contribution < -0.4 is 5.32 Å². The average molecular weight is 251 g/mol. The molecular weight excluding hydrogens is 235 g/mol. The van der Waals surface area contributed by atoms with Crippen LogP contribution in [0.25, 0.3) is 0 Å². The lowest BCUT2D eigenvalue weighted by molar-refractivity contribution is -0.176. The van der Waals surface area contributed by atoms with Gasteiger partial charge in [0.1, 0.15) is 0 Å². The van der Waals surface area contributed by atoms with Gasteiger partial charge in [0.15, 0.2) is 5.78 Å². The zero-order valence-corrected chi connectivity index (χ0v) is 9.69. The van der Waals surface area contributed by atoms with Gasteiger partial charge in [-0.05, 0) is 19.8 Å². The van der Waals surface area contributed by atoms with Crippen LogP contribution >= 0.6 is 0 Å². The Labute approximate surface area is 97.8 Å². The molecule has 6 heteroatoms. The van der Waals surface area contributed by atoms with E-state index >= 15 is 0 Å². The number of Topliss-reactive ketones (excluding diaryl/α,β-unsaturated/α-hetero) is 1. The van der Waals surface area contributed by atoms with Crippen molar-refractivity contribution in [3.8, 4) is 0 Å². The van der Waals surface area contributed by atoms with E-state index in [2.05, 4.69) is 0 Å². The van der Waals surface area contributed by atoms with Gasteiger partial charge in [0.05, 0.1) is 5.54 Å². The van der Waals surface area contributed by atoms with Crippen LogP contribution in [0.3, 0.4) is 0 Å². The second-order valence-electron chi connectivity index (χ2n) is 4.50. The van der Waals surface area contributed by atoms with E-state index < -0.39 is 23.4 Å². The number of amides is 1. The molecule has 0 spiro atoms. The van der Waals surface area contributed by atoms with Crippen molar-refractivity contribution in [2.24, 2.45) is 0 Å². The first-order valence-electron chi connectivity index (χ1n) is 5.68. The van der Waals surface area contributed by atoms with Crippen LogP contribution in [-0.2, 0) is 9.59 Å². The lowest BCUT2D eigenvalue weighted by atomic mass is 9.86. The molecule has 0 atom stereocenters. The summed E-state index contributed by atoms with van der Waals surface area (Å²) in [5, 5.41) is 1.90. The molecule has 0 aromatic carbocycles. The van der Waals surface area contributed by atoms with Crippen molar-refractivity contribution in [1.82, 2.24) is 5.32 Å². The molecule has 0 saturated heterocycles. The number of carbonyl (C=O) groups excluding carboxylic acids is 2. The molecule has 1 fully saturated rings. The van der Waals surface area contributed by atoms with Gasteiger partial charge in [0, 0.05) is 0 Å². The summed E-state index contributed by atoms with van der Waals surface area (Å²) in [7, 11) is 0. The minimum absolute atomic E-state index is 0.296. The largest absolute Gasteiger partial charge is 0.471 e. The number of carbonyl (C=O) groups is 2. The molecule has 3 nitrogen and oxygen atoms in total. The van der Waals surface area contributed by atoms with Crippen LogP contribution in [0.1, 0.15) is 45.4 Å². The lowest BCUT2D eigenvalue weighted by Crippen LogP contribution is -2.56. The molecule has 1 aliphatic carbocycles. The predicted octanol–water partition coefficient (Wildman–Crippen LogP) is 2.35. The van der Waals surface area contributed by atoms with Crippen molar-refractivity contribution in [2.75, 3.05) is 0 Å². The summed E-state index contributed by atoms with van der Waals surface area (Å²) in [6.45, 7) is 1.24. The Hall–Kier alpha value is -1.07. The first kappa shape index (κ1) is 14.0.